The first kappa shape index (κ1) is 11.4. The minimum atomic E-state index is -0.647. The summed E-state index contributed by atoms with van der Waals surface area (Å²) in [5.41, 5.74) is 7.23. The molecule has 0 amide bonds. The first-order valence-electron chi connectivity index (χ1n) is 5.47. The van der Waals surface area contributed by atoms with Crippen molar-refractivity contribution in [2.24, 2.45) is 10.7 Å². The van der Waals surface area contributed by atoms with Crippen LogP contribution < -0.4 is 5.73 Å². The van der Waals surface area contributed by atoms with E-state index in [1.165, 1.54) is 0 Å². The summed E-state index contributed by atoms with van der Waals surface area (Å²) in [6.45, 7) is 0. The highest BCUT2D eigenvalue weighted by Gasteiger charge is 2.19. The van der Waals surface area contributed by atoms with Crippen molar-refractivity contribution < 1.29 is 0 Å². The Labute approximate surface area is 102 Å². The van der Waals surface area contributed by atoms with Gasteiger partial charge < -0.3 is 5.73 Å². The molecule has 0 bridgehead atoms. The van der Waals surface area contributed by atoms with Crippen LogP contribution in [0.5, 0.6) is 0 Å². The monoisotopic (exact) mass is 222 g/mol. The number of terminal acetylenes is 1. The number of nitrogens with two attached hydrogens (primary N) is 1. The van der Waals surface area contributed by atoms with Crippen molar-refractivity contribution in [3.8, 4) is 12.3 Å². The van der Waals surface area contributed by atoms with Crippen LogP contribution in [0.15, 0.2) is 59.2 Å². The zero-order chi connectivity index (χ0) is 12.1. The lowest BCUT2D eigenvalue weighted by Gasteiger charge is -2.20. The van der Waals surface area contributed by atoms with Crippen LogP contribution >= 0.6 is 0 Å². The quantitative estimate of drug-likeness (QED) is 0.605. The van der Waals surface area contributed by atoms with Crippen molar-refractivity contribution in [1.82, 2.24) is 0 Å². The van der Waals surface area contributed by atoms with Gasteiger partial charge in [0.1, 0.15) is 0 Å². The fourth-order valence-corrected chi connectivity index (χ4v) is 1.53. The Morgan fingerprint density at radius 2 is 2.12 bits per heavy atom. The second kappa shape index (κ2) is 4.82. The molecule has 0 aliphatic heterocycles. The van der Waals surface area contributed by atoms with Gasteiger partial charge in [-0.1, -0.05) is 48.4 Å². The number of hydrogen-bond donors (Lipinski definition) is 1. The summed E-state index contributed by atoms with van der Waals surface area (Å²) in [6.07, 6.45) is 13.5. The third-order valence-corrected chi connectivity index (χ3v) is 2.63. The molecular formula is C15H14N2. The molecule has 0 radical (unpaired) electrons. The van der Waals surface area contributed by atoms with Crippen LogP contribution in [0, 0.1) is 12.3 Å². The highest BCUT2D eigenvalue weighted by molar-refractivity contribution is 5.80. The Bertz CT molecular complexity index is 518. The number of benzene rings is 1. The fraction of sp³-hybridized carbons (Fsp3) is 0.133. The third-order valence-electron chi connectivity index (χ3n) is 2.63. The lowest BCUT2D eigenvalue weighted by Crippen LogP contribution is -2.36. The smallest absolute Gasteiger partial charge is 0.0998 e. The van der Waals surface area contributed by atoms with E-state index in [2.05, 4.69) is 10.9 Å². The van der Waals surface area contributed by atoms with Crippen LogP contribution in [0.1, 0.15) is 12.0 Å². The van der Waals surface area contributed by atoms with Crippen LogP contribution in [0.2, 0.25) is 0 Å². The number of hydrogen-bond acceptors (Lipinski definition) is 2. The molecule has 1 aliphatic carbocycles. The Morgan fingerprint density at radius 1 is 1.35 bits per heavy atom. The van der Waals surface area contributed by atoms with E-state index in [1.54, 1.807) is 0 Å². The summed E-state index contributed by atoms with van der Waals surface area (Å²) < 4.78 is 0. The van der Waals surface area contributed by atoms with Crippen LogP contribution in [0.4, 0.5) is 0 Å². The molecule has 1 atom stereocenters. The minimum Gasteiger partial charge on any atom is -0.312 e. The molecule has 1 unspecified atom stereocenters. The maximum absolute atomic E-state index is 5.91. The average Bonchev–Trinajstić information content (AvgIpc) is 2.39. The van der Waals surface area contributed by atoms with E-state index in [-0.39, 0.29) is 0 Å². The Balaban J connectivity index is 2.07. The molecule has 84 valence electrons. The van der Waals surface area contributed by atoms with Crippen molar-refractivity contribution >= 4 is 6.21 Å². The van der Waals surface area contributed by atoms with Crippen LogP contribution in [-0.2, 0) is 0 Å². The Hall–Kier alpha value is -2.11. The van der Waals surface area contributed by atoms with Gasteiger partial charge in [-0.3, -0.25) is 4.99 Å². The number of nitrogens with zero attached hydrogens (tertiary/aromatic N) is 1. The van der Waals surface area contributed by atoms with Gasteiger partial charge in [0.05, 0.1) is 11.2 Å². The van der Waals surface area contributed by atoms with Crippen molar-refractivity contribution in [1.29, 1.82) is 0 Å². The van der Waals surface area contributed by atoms with E-state index in [0.29, 0.717) is 6.42 Å². The predicted octanol–water partition coefficient (Wildman–Crippen LogP) is 2.28. The van der Waals surface area contributed by atoms with Crippen molar-refractivity contribution in [3.63, 3.8) is 0 Å². The highest BCUT2D eigenvalue weighted by Crippen LogP contribution is 2.18. The van der Waals surface area contributed by atoms with Gasteiger partial charge in [-0.05, 0) is 11.6 Å². The predicted molar refractivity (Wildman–Crippen MR) is 71.6 cm³/mol. The van der Waals surface area contributed by atoms with Gasteiger partial charge in [-0.25, -0.2) is 0 Å². The zero-order valence-corrected chi connectivity index (χ0v) is 9.51. The van der Waals surface area contributed by atoms with Crippen molar-refractivity contribution in [3.05, 3.63) is 59.8 Å². The molecule has 0 saturated carbocycles. The number of rotatable bonds is 2. The molecular weight excluding hydrogens is 208 g/mol. The molecule has 0 heterocycles. The molecule has 1 aromatic rings. The lowest BCUT2D eigenvalue weighted by molar-refractivity contribution is 0.680. The summed E-state index contributed by atoms with van der Waals surface area (Å²) in [6, 6.07) is 9.95. The summed E-state index contributed by atoms with van der Waals surface area (Å²) in [5.74, 6) is 2.57. The van der Waals surface area contributed by atoms with E-state index in [1.807, 2.05) is 54.8 Å². The summed E-state index contributed by atoms with van der Waals surface area (Å²) in [7, 11) is 0. The van der Waals surface area contributed by atoms with Crippen LogP contribution in [-0.4, -0.2) is 11.8 Å². The van der Waals surface area contributed by atoms with E-state index in [9.17, 15) is 0 Å². The van der Waals surface area contributed by atoms with E-state index in [4.69, 9.17) is 12.2 Å². The molecule has 17 heavy (non-hydrogen) atoms. The number of allylic oxidation sites excluding steroid dienone is 1. The Morgan fingerprint density at radius 3 is 2.71 bits per heavy atom. The van der Waals surface area contributed by atoms with Crippen LogP contribution in [0.3, 0.4) is 0 Å². The fourth-order valence-electron chi connectivity index (χ4n) is 1.53. The molecule has 0 fully saturated rings. The van der Waals surface area contributed by atoms with Crippen molar-refractivity contribution in [2.45, 2.75) is 12.0 Å². The minimum absolute atomic E-state index is 0.626. The van der Waals surface area contributed by atoms with Gasteiger partial charge in [0.15, 0.2) is 0 Å². The molecule has 2 N–H and O–H groups in total. The maximum Gasteiger partial charge on any atom is 0.0998 e. The average molecular weight is 222 g/mol. The SMILES string of the molecule is C#CC1(N)C=CC(N=Cc2ccccc2)=CC1. The second-order valence-corrected chi connectivity index (χ2v) is 4.02. The van der Waals surface area contributed by atoms with Crippen molar-refractivity contribution in [2.75, 3.05) is 0 Å². The van der Waals surface area contributed by atoms with Crippen LogP contribution in [0.25, 0.3) is 0 Å². The van der Waals surface area contributed by atoms with Gasteiger partial charge >= 0.3 is 0 Å². The van der Waals surface area contributed by atoms with Gasteiger partial charge in [0.2, 0.25) is 0 Å². The second-order valence-electron chi connectivity index (χ2n) is 4.02. The maximum atomic E-state index is 5.91. The molecule has 2 nitrogen and oxygen atoms in total. The first-order chi connectivity index (χ1) is 8.22. The molecule has 1 aliphatic rings. The van der Waals surface area contributed by atoms with Gasteiger partial charge in [0, 0.05) is 12.6 Å². The summed E-state index contributed by atoms with van der Waals surface area (Å²) in [5, 5.41) is 0. The lowest BCUT2D eigenvalue weighted by atomic mass is 9.92. The Kier molecular flexibility index (Phi) is 3.22. The molecule has 0 saturated heterocycles. The van der Waals surface area contributed by atoms with Gasteiger partial charge in [-0.15, -0.1) is 6.42 Å². The number of aliphatic imine (C=N–C) groups is 1. The summed E-state index contributed by atoms with van der Waals surface area (Å²) in [4.78, 5) is 4.38. The first-order valence-corrected chi connectivity index (χ1v) is 5.47. The molecule has 1 aromatic carbocycles. The highest BCUT2D eigenvalue weighted by atomic mass is 14.8. The van der Waals surface area contributed by atoms with E-state index in [0.717, 1.165) is 11.3 Å². The van der Waals surface area contributed by atoms with E-state index >= 15 is 0 Å². The standard InChI is InChI=1S/C15H14N2/c1-2-15(16)10-8-14(9-11-15)17-12-13-6-4-3-5-7-13/h1,3-10,12H,11,16H2. The van der Waals surface area contributed by atoms with Gasteiger partial charge in [0.25, 0.3) is 0 Å². The summed E-state index contributed by atoms with van der Waals surface area (Å²) >= 11 is 0. The largest absolute Gasteiger partial charge is 0.312 e. The third kappa shape index (κ3) is 2.93. The molecule has 2 heteroatoms. The molecule has 0 spiro atoms. The van der Waals surface area contributed by atoms with E-state index < -0.39 is 5.54 Å². The normalized spacial score (nSPS) is 23.4. The zero-order valence-electron chi connectivity index (χ0n) is 9.51. The molecule has 0 aromatic heterocycles. The topological polar surface area (TPSA) is 38.4 Å². The van der Waals surface area contributed by atoms with Gasteiger partial charge in [-0.2, -0.15) is 0 Å². The molecule has 2 rings (SSSR count).